The summed E-state index contributed by atoms with van der Waals surface area (Å²) in [6.45, 7) is 2.95. The van der Waals surface area contributed by atoms with Crippen molar-refractivity contribution in [3.63, 3.8) is 0 Å². The molecule has 0 unspecified atom stereocenters. The smallest absolute Gasteiger partial charge is 0.163 e. The molecule has 1 aromatic carbocycles. The standard InChI is InChI=1S/C16H20N2O2/c1-3-11-18-14(16(20-2)12-17-18)9-10-15(19)13-7-5-4-6-8-13/h4-8,12H,3,9-11H2,1-2H3. The summed E-state index contributed by atoms with van der Waals surface area (Å²) >= 11 is 0. The summed E-state index contributed by atoms with van der Waals surface area (Å²) in [5.74, 6) is 0.913. The molecule has 20 heavy (non-hydrogen) atoms. The maximum Gasteiger partial charge on any atom is 0.163 e. The summed E-state index contributed by atoms with van der Waals surface area (Å²) in [4.78, 5) is 12.1. The Bertz CT molecular complexity index is 561. The van der Waals surface area contributed by atoms with Crippen LogP contribution in [0, 0.1) is 0 Å². The van der Waals surface area contributed by atoms with Gasteiger partial charge >= 0.3 is 0 Å². The minimum atomic E-state index is 0.150. The monoisotopic (exact) mass is 272 g/mol. The molecule has 1 aromatic heterocycles. The van der Waals surface area contributed by atoms with Crippen LogP contribution in [0.5, 0.6) is 5.75 Å². The first-order valence-electron chi connectivity index (χ1n) is 6.93. The number of rotatable bonds is 7. The highest BCUT2D eigenvalue weighted by Gasteiger charge is 2.13. The third-order valence-corrected chi connectivity index (χ3v) is 3.25. The van der Waals surface area contributed by atoms with E-state index in [0.717, 1.165) is 30.0 Å². The Labute approximate surface area is 119 Å². The Morgan fingerprint density at radius 1 is 1.30 bits per heavy atom. The fourth-order valence-corrected chi connectivity index (χ4v) is 2.22. The summed E-state index contributed by atoms with van der Waals surface area (Å²) in [7, 11) is 1.63. The van der Waals surface area contributed by atoms with Crippen molar-refractivity contribution in [1.82, 2.24) is 9.78 Å². The number of ether oxygens (including phenoxy) is 1. The Morgan fingerprint density at radius 3 is 2.70 bits per heavy atom. The van der Waals surface area contributed by atoms with Crippen molar-refractivity contribution >= 4 is 5.78 Å². The van der Waals surface area contributed by atoms with Gasteiger partial charge in [0.2, 0.25) is 0 Å². The van der Waals surface area contributed by atoms with Crippen molar-refractivity contribution in [2.24, 2.45) is 0 Å². The molecule has 0 saturated carbocycles. The molecule has 0 aliphatic heterocycles. The molecular formula is C16H20N2O2. The molecule has 4 heteroatoms. The normalized spacial score (nSPS) is 10.5. The van der Waals surface area contributed by atoms with E-state index in [1.165, 1.54) is 0 Å². The highest BCUT2D eigenvalue weighted by Crippen LogP contribution is 2.20. The van der Waals surface area contributed by atoms with Gasteiger partial charge < -0.3 is 4.74 Å². The van der Waals surface area contributed by atoms with Gasteiger partial charge in [-0.25, -0.2) is 0 Å². The molecule has 2 aromatic rings. The summed E-state index contributed by atoms with van der Waals surface area (Å²) in [5, 5.41) is 4.31. The number of hydrogen-bond acceptors (Lipinski definition) is 3. The number of aryl methyl sites for hydroxylation is 1. The Balaban J connectivity index is 2.06. The van der Waals surface area contributed by atoms with Gasteiger partial charge in [0.25, 0.3) is 0 Å². The number of carbonyl (C=O) groups excluding carboxylic acids is 1. The van der Waals surface area contributed by atoms with Crippen LogP contribution in [0.1, 0.15) is 35.8 Å². The first-order chi connectivity index (χ1) is 9.76. The third kappa shape index (κ3) is 3.26. The van der Waals surface area contributed by atoms with Crippen molar-refractivity contribution in [2.45, 2.75) is 32.7 Å². The topological polar surface area (TPSA) is 44.1 Å². The van der Waals surface area contributed by atoms with Gasteiger partial charge in [-0.15, -0.1) is 0 Å². The average molecular weight is 272 g/mol. The van der Waals surface area contributed by atoms with Crippen LogP contribution >= 0.6 is 0 Å². The van der Waals surface area contributed by atoms with Crippen LogP contribution in [0.3, 0.4) is 0 Å². The summed E-state index contributed by atoms with van der Waals surface area (Å²) in [5.41, 5.74) is 1.76. The van der Waals surface area contributed by atoms with E-state index >= 15 is 0 Å². The minimum absolute atomic E-state index is 0.150. The molecule has 0 aliphatic carbocycles. The van der Waals surface area contributed by atoms with E-state index in [2.05, 4.69) is 12.0 Å². The Kier molecular flexibility index (Phi) is 4.93. The zero-order valence-electron chi connectivity index (χ0n) is 12.0. The van der Waals surface area contributed by atoms with Gasteiger partial charge in [-0.05, 0) is 6.42 Å². The molecule has 0 aliphatic rings. The van der Waals surface area contributed by atoms with Gasteiger partial charge in [-0.3, -0.25) is 9.48 Å². The second-order valence-electron chi connectivity index (χ2n) is 4.67. The molecule has 106 valence electrons. The predicted octanol–water partition coefficient (Wildman–Crippen LogP) is 3.12. The lowest BCUT2D eigenvalue weighted by molar-refractivity contribution is 0.0982. The van der Waals surface area contributed by atoms with Gasteiger partial charge in [0.1, 0.15) is 0 Å². The van der Waals surface area contributed by atoms with E-state index in [-0.39, 0.29) is 5.78 Å². The number of ketones is 1. The number of Topliss-reactive ketones (excluding diaryl/α,β-unsaturated/α-hetero) is 1. The molecular weight excluding hydrogens is 252 g/mol. The zero-order valence-corrected chi connectivity index (χ0v) is 12.0. The number of methoxy groups -OCH3 is 1. The van der Waals surface area contributed by atoms with Crippen LogP contribution in [0.4, 0.5) is 0 Å². The Morgan fingerprint density at radius 2 is 2.05 bits per heavy atom. The van der Waals surface area contributed by atoms with Crippen LogP contribution in [0.15, 0.2) is 36.5 Å². The van der Waals surface area contributed by atoms with Gasteiger partial charge in [0.15, 0.2) is 11.5 Å². The quantitative estimate of drug-likeness (QED) is 0.727. The van der Waals surface area contributed by atoms with Crippen LogP contribution in [-0.2, 0) is 13.0 Å². The largest absolute Gasteiger partial charge is 0.493 e. The predicted molar refractivity (Wildman–Crippen MR) is 78.2 cm³/mol. The van der Waals surface area contributed by atoms with Crippen LogP contribution in [0.2, 0.25) is 0 Å². The number of benzene rings is 1. The maximum absolute atomic E-state index is 12.1. The van der Waals surface area contributed by atoms with Gasteiger partial charge in [-0.2, -0.15) is 5.10 Å². The van der Waals surface area contributed by atoms with E-state index in [9.17, 15) is 4.79 Å². The molecule has 1 heterocycles. The first kappa shape index (κ1) is 14.3. The second-order valence-corrected chi connectivity index (χ2v) is 4.67. The Hall–Kier alpha value is -2.10. The average Bonchev–Trinajstić information content (AvgIpc) is 2.88. The van der Waals surface area contributed by atoms with E-state index in [4.69, 9.17) is 4.74 Å². The molecule has 4 nitrogen and oxygen atoms in total. The van der Waals surface area contributed by atoms with Crippen molar-refractivity contribution in [1.29, 1.82) is 0 Å². The lowest BCUT2D eigenvalue weighted by atomic mass is 10.1. The second kappa shape index (κ2) is 6.89. The summed E-state index contributed by atoms with van der Waals surface area (Å²) in [6.07, 6.45) is 3.84. The summed E-state index contributed by atoms with van der Waals surface area (Å²) < 4.78 is 7.24. The lowest BCUT2D eigenvalue weighted by Gasteiger charge is -2.08. The zero-order chi connectivity index (χ0) is 14.4. The molecule has 0 fully saturated rings. The van der Waals surface area contributed by atoms with Crippen molar-refractivity contribution < 1.29 is 9.53 Å². The molecule has 2 rings (SSSR count). The van der Waals surface area contributed by atoms with Crippen molar-refractivity contribution in [2.75, 3.05) is 7.11 Å². The molecule has 0 radical (unpaired) electrons. The first-order valence-corrected chi connectivity index (χ1v) is 6.93. The number of nitrogens with zero attached hydrogens (tertiary/aromatic N) is 2. The molecule has 0 N–H and O–H groups in total. The third-order valence-electron chi connectivity index (χ3n) is 3.25. The number of hydrogen-bond donors (Lipinski definition) is 0. The van der Waals surface area contributed by atoms with Crippen LogP contribution in [0.25, 0.3) is 0 Å². The highest BCUT2D eigenvalue weighted by molar-refractivity contribution is 5.96. The molecule has 0 saturated heterocycles. The molecule has 0 bridgehead atoms. The SMILES string of the molecule is CCCn1ncc(OC)c1CCC(=O)c1ccccc1. The summed E-state index contributed by atoms with van der Waals surface area (Å²) in [6, 6.07) is 9.38. The van der Waals surface area contributed by atoms with Crippen LogP contribution in [-0.4, -0.2) is 22.7 Å². The highest BCUT2D eigenvalue weighted by atomic mass is 16.5. The van der Waals surface area contributed by atoms with Crippen molar-refractivity contribution in [3.8, 4) is 5.75 Å². The molecule has 0 amide bonds. The number of aromatic nitrogens is 2. The molecule has 0 spiro atoms. The van der Waals surface area contributed by atoms with E-state index in [1.807, 2.05) is 35.0 Å². The van der Waals surface area contributed by atoms with E-state index < -0.39 is 0 Å². The van der Waals surface area contributed by atoms with E-state index in [0.29, 0.717) is 12.8 Å². The number of carbonyl (C=O) groups is 1. The fraction of sp³-hybridized carbons (Fsp3) is 0.375. The molecule has 0 atom stereocenters. The van der Waals surface area contributed by atoms with E-state index in [1.54, 1.807) is 13.3 Å². The minimum Gasteiger partial charge on any atom is -0.493 e. The lowest BCUT2D eigenvalue weighted by Crippen LogP contribution is -2.08. The van der Waals surface area contributed by atoms with Crippen molar-refractivity contribution in [3.05, 3.63) is 47.8 Å². The van der Waals surface area contributed by atoms with Gasteiger partial charge in [-0.1, -0.05) is 37.3 Å². The fourth-order valence-electron chi connectivity index (χ4n) is 2.22. The van der Waals surface area contributed by atoms with Crippen LogP contribution < -0.4 is 4.74 Å². The van der Waals surface area contributed by atoms with Gasteiger partial charge in [0.05, 0.1) is 19.0 Å². The van der Waals surface area contributed by atoms with Gasteiger partial charge in [0, 0.05) is 24.9 Å². The maximum atomic E-state index is 12.1.